The van der Waals surface area contributed by atoms with E-state index in [2.05, 4.69) is 10.2 Å². The third kappa shape index (κ3) is 3.93. The van der Waals surface area contributed by atoms with Crippen LogP contribution in [0.1, 0.15) is 21.7 Å². The van der Waals surface area contributed by atoms with Gasteiger partial charge in [-0.2, -0.15) is 5.10 Å². The van der Waals surface area contributed by atoms with Crippen molar-refractivity contribution in [1.82, 2.24) is 15.1 Å². The first-order valence-electron chi connectivity index (χ1n) is 6.56. The molecule has 2 aromatic rings. The molecule has 0 aliphatic carbocycles. The average Bonchev–Trinajstić information content (AvgIpc) is 2.90. The molecular formula is C15H19N3O2. The van der Waals surface area contributed by atoms with Crippen molar-refractivity contribution in [2.45, 2.75) is 13.5 Å². The fraction of sp³-hybridized carbons (Fsp3) is 0.333. The van der Waals surface area contributed by atoms with Crippen LogP contribution in [0.5, 0.6) is 0 Å². The first-order valence-corrected chi connectivity index (χ1v) is 6.56. The van der Waals surface area contributed by atoms with Gasteiger partial charge in [0.1, 0.15) is 5.69 Å². The van der Waals surface area contributed by atoms with Crippen LogP contribution >= 0.6 is 0 Å². The van der Waals surface area contributed by atoms with Gasteiger partial charge >= 0.3 is 0 Å². The van der Waals surface area contributed by atoms with Crippen LogP contribution in [-0.2, 0) is 11.3 Å². The van der Waals surface area contributed by atoms with Crippen LogP contribution in [0.3, 0.4) is 0 Å². The molecule has 1 aromatic heterocycles. The summed E-state index contributed by atoms with van der Waals surface area (Å²) < 4.78 is 5.56. The molecule has 0 saturated heterocycles. The zero-order valence-electron chi connectivity index (χ0n) is 11.8. The number of carbonyl (C=O) groups is 1. The topological polar surface area (TPSA) is 58.2 Å². The van der Waals surface area contributed by atoms with Crippen molar-refractivity contribution in [2.75, 3.05) is 20.2 Å². The Bertz CT molecular complexity index is 551. The van der Waals surface area contributed by atoms with Crippen molar-refractivity contribution in [3.63, 3.8) is 0 Å². The molecule has 0 unspecified atom stereocenters. The number of nitrogens with one attached hydrogen (secondary N) is 1. The minimum atomic E-state index is -0.0994. The molecule has 0 atom stereocenters. The lowest BCUT2D eigenvalue weighted by molar-refractivity contribution is 0.0665. The maximum absolute atomic E-state index is 12.0. The van der Waals surface area contributed by atoms with Crippen LogP contribution in [-0.4, -0.2) is 41.2 Å². The summed E-state index contributed by atoms with van der Waals surface area (Å²) in [6, 6.07) is 11.7. The van der Waals surface area contributed by atoms with Gasteiger partial charge in [-0.05, 0) is 18.6 Å². The number of likely N-dealkylation sites (N-methyl/N-ethyl adjacent to an activating group) is 1. The summed E-state index contributed by atoms with van der Waals surface area (Å²) >= 11 is 0. The molecule has 1 aromatic carbocycles. The van der Waals surface area contributed by atoms with Gasteiger partial charge in [0.15, 0.2) is 0 Å². The lowest BCUT2D eigenvalue weighted by atomic mass is 10.2. The van der Waals surface area contributed by atoms with E-state index in [-0.39, 0.29) is 5.91 Å². The van der Waals surface area contributed by atoms with Crippen molar-refractivity contribution in [3.05, 3.63) is 53.3 Å². The Morgan fingerprint density at radius 2 is 2.10 bits per heavy atom. The van der Waals surface area contributed by atoms with Gasteiger partial charge in [0.25, 0.3) is 5.91 Å². The predicted molar refractivity (Wildman–Crippen MR) is 76.4 cm³/mol. The van der Waals surface area contributed by atoms with Crippen LogP contribution in [0.2, 0.25) is 0 Å². The van der Waals surface area contributed by atoms with Gasteiger partial charge in [0, 0.05) is 19.3 Å². The number of H-pyrrole nitrogens is 1. The molecule has 106 valence electrons. The number of ether oxygens (including phenoxy) is 1. The van der Waals surface area contributed by atoms with E-state index in [9.17, 15) is 4.79 Å². The summed E-state index contributed by atoms with van der Waals surface area (Å²) in [5.74, 6) is -0.0994. The number of aromatic amines is 1. The molecule has 0 spiro atoms. The van der Waals surface area contributed by atoms with Crippen LogP contribution in [0.15, 0.2) is 36.4 Å². The highest BCUT2D eigenvalue weighted by Gasteiger charge is 2.14. The highest BCUT2D eigenvalue weighted by Crippen LogP contribution is 2.03. The SMILES string of the molecule is Cc1cc(C(=O)N(C)CCOCc2ccccc2)n[nH]1. The molecule has 0 aliphatic heterocycles. The van der Waals surface area contributed by atoms with Gasteiger partial charge in [0.05, 0.1) is 13.2 Å². The average molecular weight is 273 g/mol. The van der Waals surface area contributed by atoms with Crippen molar-refractivity contribution >= 4 is 5.91 Å². The normalized spacial score (nSPS) is 10.5. The molecule has 20 heavy (non-hydrogen) atoms. The number of aromatic nitrogens is 2. The van der Waals surface area contributed by atoms with Gasteiger partial charge in [-0.25, -0.2) is 0 Å². The zero-order chi connectivity index (χ0) is 14.4. The summed E-state index contributed by atoms with van der Waals surface area (Å²) in [4.78, 5) is 13.6. The van der Waals surface area contributed by atoms with E-state index in [0.717, 1.165) is 11.3 Å². The molecule has 2 rings (SSSR count). The van der Waals surface area contributed by atoms with Gasteiger partial charge in [-0.15, -0.1) is 0 Å². The van der Waals surface area contributed by atoms with Crippen LogP contribution in [0.4, 0.5) is 0 Å². The molecule has 0 radical (unpaired) electrons. The molecule has 1 amide bonds. The molecule has 0 bridgehead atoms. The van der Waals surface area contributed by atoms with Crippen molar-refractivity contribution in [2.24, 2.45) is 0 Å². The largest absolute Gasteiger partial charge is 0.375 e. The number of hydrogen-bond donors (Lipinski definition) is 1. The Morgan fingerprint density at radius 1 is 1.35 bits per heavy atom. The Labute approximate surface area is 118 Å². The summed E-state index contributed by atoms with van der Waals surface area (Å²) in [7, 11) is 1.75. The molecule has 1 heterocycles. The number of carbonyl (C=O) groups excluding carboxylic acids is 1. The second-order valence-electron chi connectivity index (χ2n) is 4.70. The number of benzene rings is 1. The van der Waals surface area contributed by atoms with Crippen LogP contribution in [0, 0.1) is 6.92 Å². The fourth-order valence-corrected chi connectivity index (χ4v) is 1.79. The van der Waals surface area contributed by atoms with E-state index in [1.54, 1.807) is 18.0 Å². The molecule has 0 aliphatic rings. The van der Waals surface area contributed by atoms with Crippen molar-refractivity contribution in [3.8, 4) is 0 Å². The van der Waals surface area contributed by atoms with Crippen LogP contribution < -0.4 is 0 Å². The molecule has 1 N–H and O–H groups in total. The van der Waals surface area contributed by atoms with E-state index < -0.39 is 0 Å². The highest BCUT2D eigenvalue weighted by atomic mass is 16.5. The lowest BCUT2D eigenvalue weighted by Crippen LogP contribution is -2.30. The van der Waals surface area contributed by atoms with Crippen molar-refractivity contribution < 1.29 is 9.53 Å². The highest BCUT2D eigenvalue weighted by molar-refractivity contribution is 5.92. The molecular weight excluding hydrogens is 254 g/mol. The first-order chi connectivity index (χ1) is 9.66. The van der Waals surface area contributed by atoms with Gasteiger partial charge in [-0.1, -0.05) is 30.3 Å². The van der Waals surface area contributed by atoms with Crippen LogP contribution in [0.25, 0.3) is 0 Å². The minimum Gasteiger partial charge on any atom is -0.375 e. The summed E-state index contributed by atoms with van der Waals surface area (Å²) in [5.41, 5.74) is 2.44. The Balaban J connectivity index is 1.72. The first kappa shape index (κ1) is 14.3. The Morgan fingerprint density at radius 3 is 2.75 bits per heavy atom. The standard InChI is InChI=1S/C15H19N3O2/c1-12-10-14(17-16-12)15(19)18(2)8-9-20-11-13-6-4-3-5-7-13/h3-7,10H,8-9,11H2,1-2H3,(H,16,17). The number of nitrogens with zero attached hydrogens (tertiary/aromatic N) is 2. The van der Waals surface area contributed by atoms with E-state index >= 15 is 0 Å². The zero-order valence-corrected chi connectivity index (χ0v) is 11.8. The summed E-state index contributed by atoms with van der Waals surface area (Å²) in [6.07, 6.45) is 0. The Kier molecular flexibility index (Phi) is 4.90. The van der Waals surface area contributed by atoms with E-state index in [1.165, 1.54) is 0 Å². The Hall–Kier alpha value is -2.14. The fourth-order valence-electron chi connectivity index (χ4n) is 1.79. The third-order valence-corrected chi connectivity index (χ3v) is 2.95. The van der Waals surface area contributed by atoms with Gasteiger partial charge < -0.3 is 9.64 Å². The van der Waals surface area contributed by atoms with E-state index in [0.29, 0.717) is 25.5 Å². The number of rotatable bonds is 6. The quantitative estimate of drug-likeness (QED) is 0.819. The molecule has 0 saturated carbocycles. The second-order valence-corrected chi connectivity index (χ2v) is 4.70. The number of hydrogen-bond acceptors (Lipinski definition) is 3. The third-order valence-electron chi connectivity index (χ3n) is 2.95. The van der Waals surface area contributed by atoms with Gasteiger partial charge in [-0.3, -0.25) is 9.89 Å². The maximum atomic E-state index is 12.0. The monoisotopic (exact) mass is 273 g/mol. The summed E-state index contributed by atoms with van der Waals surface area (Å²) in [6.45, 7) is 3.47. The smallest absolute Gasteiger partial charge is 0.274 e. The van der Waals surface area contributed by atoms with Crippen molar-refractivity contribution in [1.29, 1.82) is 0 Å². The molecule has 5 nitrogen and oxygen atoms in total. The minimum absolute atomic E-state index is 0.0994. The number of amides is 1. The summed E-state index contributed by atoms with van der Waals surface area (Å²) in [5, 5.41) is 6.72. The second kappa shape index (κ2) is 6.86. The lowest BCUT2D eigenvalue weighted by Gasteiger charge is -2.15. The van der Waals surface area contributed by atoms with E-state index in [1.807, 2.05) is 37.3 Å². The van der Waals surface area contributed by atoms with E-state index in [4.69, 9.17) is 4.74 Å². The molecule has 0 fully saturated rings. The number of aryl methyl sites for hydroxylation is 1. The maximum Gasteiger partial charge on any atom is 0.274 e. The predicted octanol–water partition coefficient (Wildman–Crippen LogP) is 2.01. The molecule has 5 heteroatoms. The van der Waals surface area contributed by atoms with Gasteiger partial charge in [0.2, 0.25) is 0 Å².